The summed E-state index contributed by atoms with van der Waals surface area (Å²) in [6, 6.07) is 17.5. The van der Waals surface area contributed by atoms with Gasteiger partial charge in [-0.05, 0) is 42.4 Å². The molecule has 0 unspecified atom stereocenters. The zero-order valence-corrected chi connectivity index (χ0v) is 22.7. The summed E-state index contributed by atoms with van der Waals surface area (Å²) < 4.78 is 5.93. The second kappa shape index (κ2) is 16.9. The van der Waals surface area contributed by atoms with Crippen LogP contribution >= 0.6 is 0 Å². The van der Waals surface area contributed by atoms with Gasteiger partial charge in [0.05, 0.1) is 12.4 Å². The molecule has 0 aliphatic rings. The molecule has 0 bridgehead atoms. The maximum absolute atomic E-state index is 5.93. The molecular weight excluding hydrogens is 440 g/mol. The smallest absolute Gasteiger partial charge is 0.159 e. The van der Waals surface area contributed by atoms with E-state index in [4.69, 9.17) is 4.74 Å². The third-order valence-corrected chi connectivity index (χ3v) is 6.91. The fourth-order valence-electron chi connectivity index (χ4n) is 4.55. The molecule has 2 aromatic carbocycles. The van der Waals surface area contributed by atoms with E-state index in [1.807, 2.05) is 0 Å². The molecule has 0 aliphatic heterocycles. The van der Waals surface area contributed by atoms with Crippen molar-refractivity contribution in [3.8, 4) is 17.1 Å². The second-order valence-corrected chi connectivity index (χ2v) is 10.1. The van der Waals surface area contributed by atoms with E-state index >= 15 is 0 Å². The lowest BCUT2D eigenvalue weighted by atomic mass is 10.0. The zero-order valence-electron chi connectivity index (χ0n) is 22.7. The predicted octanol–water partition coefficient (Wildman–Crippen LogP) is 9.53. The molecule has 0 radical (unpaired) electrons. The molecule has 3 heteroatoms. The van der Waals surface area contributed by atoms with E-state index in [-0.39, 0.29) is 0 Å². The summed E-state index contributed by atoms with van der Waals surface area (Å²) in [7, 11) is 0. The maximum atomic E-state index is 5.93. The van der Waals surface area contributed by atoms with Gasteiger partial charge in [0.15, 0.2) is 11.6 Å². The molecule has 194 valence electrons. The minimum absolute atomic E-state index is 0.535. The van der Waals surface area contributed by atoms with Gasteiger partial charge in [-0.1, -0.05) is 127 Å². The molecule has 0 N–H and O–H groups in total. The standard InChI is InChI=1S/C33H46N2O/c1-3-5-7-9-11-13-15-28-17-19-30(20-18-28)27-36-32-25-34-33(35-26-32)31-23-21-29(22-24-31)16-14-12-10-8-6-4-2/h17-26H,3-16,27H2,1-2H3. The van der Waals surface area contributed by atoms with E-state index in [9.17, 15) is 0 Å². The van der Waals surface area contributed by atoms with Crippen LogP contribution in [0.3, 0.4) is 0 Å². The van der Waals surface area contributed by atoms with Crippen LogP contribution in [0.4, 0.5) is 0 Å². The van der Waals surface area contributed by atoms with Gasteiger partial charge in [-0.3, -0.25) is 0 Å². The molecule has 0 aliphatic carbocycles. The highest BCUT2D eigenvalue weighted by Gasteiger charge is 2.04. The average molecular weight is 487 g/mol. The third kappa shape index (κ3) is 10.5. The number of rotatable bonds is 18. The Labute approximate surface area is 219 Å². The van der Waals surface area contributed by atoms with E-state index in [0.29, 0.717) is 12.4 Å². The van der Waals surface area contributed by atoms with Crippen LogP contribution in [0.15, 0.2) is 60.9 Å². The number of aryl methyl sites for hydroxylation is 2. The van der Waals surface area contributed by atoms with Gasteiger partial charge in [0.25, 0.3) is 0 Å². The van der Waals surface area contributed by atoms with Gasteiger partial charge in [-0.15, -0.1) is 0 Å². The average Bonchev–Trinajstić information content (AvgIpc) is 2.93. The number of hydrogen-bond donors (Lipinski definition) is 0. The quantitative estimate of drug-likeness (QED) is 0.168. The Morgan fingerprint density at radius 1 is 0.528 bits per heavy atom. The minimum Gasteiger partial charge on any atom is -0.486 e. The molecule has 3 rings (SSSR count). The number of nitrogens with zero attached hydrogens (tertiary/aromatic N) is 2. The highest BCUT2D eigenvalue weighted by Crippen LogP contribution is 2.19. The van der Waals surface area contributed by atoms with Crippen LogP contribution in [0.2, 0.25) is 0 Å². The van der Waals surface area contributed by atoms with Crippen molar-refractivity contribution >= 4 is 0 Å². The Morgan fingerprint density at radius 3 is 1.50 bits per heavy atom. The molecule has 0 fully saturated rings. The highest BCUT2D eigenvalue weighted by molar-refractivity contribution is 5.55. The van der Waals surface area contributed by atoms with Crippen LogP contribution < -0.4 is 4.74 Å². The lowest BCUT2D eigenvalue weighted by Gasteiger charge is -2.08. The Bertz CT molecular complexity index is 948. The molecule has 3 nitrogen and oxygen atoms in total. The molecule has 0 saturated heterocycles. The molecule has 0 atom stereocenters. The SMILES string of the molecule is CCCCCCCCc1ccc(COc2cnc(-c3ccc(CCCCCCCC)cc3)nc2)cc1. The number of benzene rings is 2. The molecule has 0 saturated carbocycles. The number of unbranched alkanes of at least 4 members (excludes halogenated alkanes) is 10. The maximum Gasteiger partial charge on any atom is 0.159 e. The van der Waals surface area contributed by atoms with Gasteiger partial charge >= 0.3 is 0 Å². The summed E-state index contributed by atoms with van der Waals surface area (Å²) in [5.74, 6) is 1.45. The van der Waals surface area contributed by atoms with Gasteiger partial charge in [-0.25, -0.2) is 9.97 Å². The van der Waals surface area contributed by atoms with Gasteiger partial charge < -0.3 is 4.74 Å². The van der Waals surface area contributed by atoms with Gasteiger partial charge in [0.2, 0.25) is 0 Å². The largest absolute Gasteiger partial charge is 0.486 e. The Kier molecular flexibility index (Phi) is 13.1. The van der Waals surface area contributed by atoms with Gasteiger partial charge in [-0.2, -0.15) is 0 Å². The monoisotopic (exact) mass is 486 g/mol. The number of hydrogen-bond acceptors (Lipinski definition) is 3. The Hall–Kier alpha value is -2.68. The van der Waals surface area contributed by atoms with Gasteiger partial charge in [0.1, 0.15) is 6.61 Å². The van der Waals surface area contributed by atoms with Gasteiger partial charge in [0, 0.05) is 5.56 Å². The third-order valence-electron chi connectivity index (χ3n) is 6.91. The Morgan fingerprint density at radius 2 is 0.972 bits per heavy atom. The van der Waals surface area contributed by atoms with E-state index in [2.05, 4.69) is 72.3 Å². The van der Waals surface area contributed by atoms with Crippen molar-refractivity contribution in [2.24, 2.45) is 0 Å². The van der Waals surface area contributed by atoms with Crippen LogP contribution in [0.25, 0.3) is 11.4 Å². The molecule has 0 spiro atoms. The van der Waals surface area contributed by atoms with Crippen LogP contribution in [-0.2, 0) is 19.4 Å². The summed E-state index contributed by atoms with van der Waals surface area (Å²) in [4.78, 5) is 9.07. The van der Waals surface area contributed by atoms with Crippen molar-refractivity contribution in [1.82, 2.24) is 9.97 Å². The van der Waals surface area contributed by atoms with Crippen molar-refractivity contribution in [3.63, 3.8) is 0 Å². The molecular formula is C33H46N2O. The lowest BCUT2D eigenvalue weighted by molar-refractivity contribution is 0.303. The second-order valence-electron chi connectivity index (χ2n) is 10.1. The van der Waals surface area contributed by atoms with Crippen molar-refractivity contribution < 1.29 is 4.74 Å². The fraction of sp³-hybridized carbons (Fsp3) is 0.515. The minimum atomic E-state index is 0.535. The van der Waals surface area contributed by atoms with Crippen molar-refractivity contribution in [1.29, 1.82) is 0 Å². The number of ether oxygens (including phenoxy) is 1. The topological polar surface area (TPSA) is 35.0 Å². The van der Waals surface area contributed by atoms with E-state index in [1.165, 1.54) is 100 Å². The summed E-state index contributed by atoms with van der Waals surface area (Å²) in [6.07, 6.45) is 21.9. The van der Waals surface area contributed by atoms with Crippen LogP contribution in [0, 0.1) is 0 Å². The normalized spacial score (nSPS) is 11.1. The first-order valence-corrected chi connectivity index (χ1v) is 14.4. The lowest BCUT2D eigenvalue weighted by Crippen LogP contribution is -1.98. The van der Waals surface area contributed by atoms with Crippen molar-refractivity contribution in [3.05, 3.63) is 77.6 Å². The zero-order chi connectivity index (χ0) is 25.3. The van der Waals surface area contributed by atoms with Crippen molar-refractivity contribution in [2.45, 2.75) is 110 Å². The summed E-state index contributed by atoms with van der Waals surface area (Å²) in [6.45, 7) is 5.07. The van der Waals surface area contributed by atoms with E-state index < -0.39 is 0 Å². The highest BCUT2D eigenvalue weighted by atomic mass is 16.5. The fourth-order valence-corrected chi connectivity index (χ4v) is 4.55. The molecule has 36 heavy (non-hydrogen) atoms. The number of aromatic nitrogens is 2. The van der Waals surface area contributed by atoms with Crippen LogP contribution in [-0.4, -0.2) is 9.97 Å². The van der Waals surface area contributed by atoms with E-state index in [0.717, 1.165) is 17.8 Å². The molecule has 1 heterocycles. The summed E-state index contributed by atoms with van der Waals surface area (Å²) >= 11 is 0. The summed E-state index contributed by atoms with van der Waals surface area (Å²) in [5.41, 5.74) is 5.04. The molecule has 0 amide bonds. The molecule has 3 aromatic rings. The van der Waals surface area contributed by atoms with E-state index in [1.54, 1.807) is 12.4 Å². The first-order chi connectivity index (χ1) is 17.8. The van der Waals surface area contributed by atoms with Crippen LogP contribution in [0.1, 0.15) is 108 Å². The molecule has 1 aromatic heterocycles. The first kappa shape index (κ1) is 27.9. The predicted molar refractivity (Wildman–Crippen MR) is 152 cm³/mol. The Balaban J connectivity index is 1.37. The summed E-state index contributed by atoms with van der Waals surface area (Å²) in [5, 5.41) is 0. The van der Waals surface area contributed by atoms with Crippen molar-refractivity contribution in [2.75, 3.05) is 0 Å². The van der Waals surface area contributed by atoms with Crippen LogP contribution in [0.5, 0.6) is 5.75 Å². The first-order valence-electron chi connectivity index (χ1n) is 14.4.